The fourth-order valence-corrected chi connectivity index (χ4v) is 2.20. The predicted octanol–water partition coefficient (Wildman–Crippen LogP) is 2.04. The average Bonchev–Trinajstić information content (AvgIpc) is 2.23. The van der Waals surface area contributed by atoms with E-state index in [1.165, 1.54) is 16.7 Å². The maximum Gasteiger partial charge on any atom is 0.0341 e. The summed E-state index contributed by atoms with van der Waals surface area (Å²) in [6.07, 6.45) is 3.10. The molecule has 15 heavy (non-hydrogen) atoms. The number of thioether (sulfide) groups is 1. The lowest BCUT2D eigenvalue weighted by Crippen LogP contribution is -2.38. The highest BCUT2D eigenvalue weighted by atomic mass is 32.2. The second kappa shape index (κ2) is 6.16. The van der Waals surface area contributed by atoms with E-state index in [1.54, 1.807) is 0 Å². The molecule has 0 spiro atoms. The quantitative estimate of drug-likeness (QED) is 0.594. The number of nitrogens with one attached hydrogen (secondary N) is 1. The molecule has 2 nitrogen and oxygen atoms in total. The van der Waals surface area contributed by atoms with Gasteiger partial charge in [-0.3, -0.25) is 11.3 Å². The van der Waals surface area contributed by atoms with Crippen molar-refractivity contribution >= 4 is 11.8 Å². The Bertz CT molecular complexity index is 312. The van der Waals surface area contributed by atoms with Crippen molar-refractivity contribution < 1.29 is 0 Å². The van der Waals surface area contributed by atoms with Crippen LogP contribution in [0.3, 0.4) is 0 Å². The van der Waals surface area contributed by atoms with Crippen LogP contribution in [-0.2, 0) is 6.42 Å². The van der Waals surface area contributed by atoms with E-state index < -0.39 is 0 Å². The molecule has 0 aliphatic heterocycles. The Labute approximate surface area is 96.6 Å². The van der Waals surface area contributed by atoms with Crippen LogP contribution in [0.1, 0.15) is 16.7 Å². The highest BCUT2D eigenvalue weighted by molar-refractivity contribution is 7.98. The van der Waals surface area contributed by atoms with Crippen LogP contribution in [0, 0.1) is 13.8 Å². The zero-order chi connectivity index (χ0) is 11.3. The molecule has 1 aromatic carbocycles. The normalized spacial score (nSPS) is 12.8. The molecule has 3 heteroatoms. The van der Waals surface area contributed by atoms with E-state index in [-0.39, 0.29) is 0 Å². The van der Waals surface area contributed by atoms with E-state index in [0.717, 1.165) is 12.2 Å². The third-order valence-corrected chi connectivity index (χ3v) is 3.39. The topological polar surface area (TPSA) is 38.0 Å². The summed E-state index contributed by atoms with van der Waals surface area (Å²) >= 11 is 1.82. The van der Waals surface area contributed by atoms with Crippen molar-refractivity contribution in [2.45, 2.75) is 26.3 Å². The van der Waals surface area contributed by atoms with Crippen molar-refractivity contribution in [3.05, 3.63) is 34.9 Å². The molecule has 0 radical (unpaired) electrons. The van der Waals surface area contributed by atoms with Gasteiger partial charge in [-0.15, -0.1) is 0 Å². The van der Waals surface area contributed by atoms with E-state index in [1.807, 2.05) is 11.8 Å². The first-order valence-electron chi connectivity index (χ1n) is 5.18. The molecule has 0 fully saturated rings. The van der Waals surface area contributed by atoms with Gasteiger partial charge in [0.25, 0.3) is 0 Å². The fraction of sp³-hybridized carbons (Fsp3) is 0.500. The number of nitrogens with two attached hydrogens (primary N) is 1. The molecule has 0 heterocycles. The highest BCUT2D eigenvalue weighted by Gasteiger charge is 2.07. The van der Waals surface area contributed by atoms with Gasteiger partial charge in [0.1, 0.15) is 0 Å². The summed E-state index contributed by atoms with van der Waals surface area (Å²) in [6, 6.07) is 6.98. The van der Waals surface area contributed by atoms with Gasteiger partial charge in [0.2, 0.25) is 0 Å². The van der Waals surface area contributed by atoms with Crippen LogP contribution in [0.5, 0.6) is 0 Å². The standard InChI is InChI=1S/C12H20N2S/c1-9-4-5-11(6-10(9)2)7-12(14-13)8-15-3/h4-6,12,14H,7-8,13H2,1-3H3. The van der Waals surface area contributed by atoms with Crippen LogP contribution in [0.15, 0.2) is 18.2 Å². The molecule has 0 amide bonds. The maximum absolute atomic E-state index is 5.51. The third kappa shape index (κ3) is 3.86. The Morgan fingerprint density at radius 3 is 2.60 bits per heavy atom. The summed E-state index contributed by atoms with van der Waals surface area (Å²) < 4.78 is 0. The molecular formula is C12H20N2S. The van der Waals surface area contributed by atoms with E-state index >= 15 is 0 Å². The third-order valence-electron chi connectivity index (χ3n) is 2.66. The molecule has 3 N–H and O–H groups in total. The Hall–Kier alpha value is -0.510. The first kappa shape index (κ1) is 12.6. The van der Waals surface area contributed by atoms with E-state index in [0.29, 0.717) is 6.04 Å². The largest absolute Gasteiger partial charge is 0.271 e. The number of hydrogen-bond acceptors (Lipinski definition) is 3. The van der Waals surface area contributed by atoms with Gasteiger partial charge in [0.15, 0.2) is 0 Å². The summed E-state index contributed by atoms with van der Waals surface area (Å²) in [5, 5.41) is 0. The maximum atomic E-state index is 5.51. The minimum absolute atomic E-state index is 0.363. The molecular weight excluding hydrogens is 204 g/mol. The minimum atomic E-state index is 0.363. The van der Waals surface area contributed by atoms with Gasteiger partial charge in [-0.05, 0) is 43.2 Å². The summed E-state index contributed by atoms with van der Waals surface area (Å²) in [5.74, 6) is 6.56. The summed E-state index contributed by atoms with van der Waals surface area (Å²) in [4.78, 5) is 0. The van der Waals surface area contributed by atoms with E-state index in [2.05, 4.69) is 43.7 Å². The lowest BCUT2D eigenvalue weighted by atomic mass is 10.0. The fourth-order valence-electron chi connectivity index (χ4n) is 1.58. The summed E-state index contributed by atoms with van der Waals surface area (Å²) in [7, 11) is 0. The van der Waals surface area contributed by atoms with Gasteiger partial charge >= 0.3 is 0 Å². The molecule has 1 unspecified atom stereocenters. The molecule has 1 aromatic rings. The van der Waals surface area contributed by atoms with Crippen molar-refractivity contribution in [3.8, 4) is 0 Å². The smallest absolute Gasteiger partial charge is 0.0341 e. The SMILES string of the molecule is CSCC(Cc1ccc(C)c(C)c1)NN. The van der Waals surface area contributed by atoms with Crippen molar-refractivity contribution in [1.82, 2.24) is 5.43 Å². The van der Waals surface area contributed by atoms with Crippen molar-refractivity contribution in [2.75, 3.05) is 12.0 Å². The predicted molar refractivity (Wildman–Crippen MR) is 69.1 cm³/mol. The van der Waals surface area contributed by atoms with Crippen LogP contribution in [0.2, 0.25) is 0 Å². The minimum Gasteiger partial charge on any atom is -0.271 e. The molecule has 0 bridgehead atoms. The average molecular weight is 224 g/mol. The second-order valence-electron chi connectivity index (χ2n) is 3.94. The lowest BCUT2D eigenvalue weighted by molar-refractivity contribution is 0.575. The van der Waals surface area contributed by atoms with Gasteiger partial charge < -0.3 is 0 Å². The van der Waals surface area contributed by atoms with Crippen molar-refractivity contribution in [2.24, 2.45) is 5.84 Å². The number of benzene rings is 1. The molecule has 0 saturated carbocycles. The van der Waals surface area contributed by atoms with Gasteiger partial charge in [-0.25, -0.2) is 0 Å². The van der Waals surface area contributed by atoms with Crippen LogP contribution in [0.4, 0.5) is 0 Å². The monoisotopic (exact) mass is 224 g/mol. The van der Waals surface area contributed by atoms with Gasteiger partial charge in [-0.1, -0.05) is 18.2 Å². The van der Waals surface area contributed by atoms with Crippen LogP contribution in [-0.4, -0.2) is 18.1 Å². The van der Waals surface area contributed by atoms with Crippen LogP contribution in [0.25, 0.3) is 0 Å². The van der Waals surface area contributed by atoms with Gasteiger partial charge in [-0.2, -0.15) is 11.8 Å². The summed E-state index contributed by atoms with van der Waals surface area (Å²) in [5.41, 5.74) is 6.92. The number of hydrazine groups is 1. The molecule has 0 saturated heterocycles. The highest BCUT2D eigenvalue weighted by Crippen LogP contribution is 2.12. The number of rotatable bonds is 5. The number of aryl methyl sites for hydroxylation is 2. The number of hydrogen-bond donors (Lipinski definition) is 2. The summed E-state index contributed by atoms with van der Waals surface area (Å²) in [6.45, 7) is 4.29. The van der Waals surface area contributed by atoms with Crippen LogP contribution < -0.4 is 11.3 Å². The van der Waals surface area contributed by atoms with E-state index in [4.69, 9.17) is 5.84 Å². The second-order valence-corrected chi connectivity index (χ2v) is 4.85. The lowest BCUT2D eigenvalue weighted by Gasteiger charge is -2.15. The first-order valence-corrected chi connectivity index (χ1v) is 6.58. The van der Waals surface area contributed by atoms with Crippen molar-refractivity contribution in [1.29, 1.82) is 0 Å². The zero-order valence-corrected chi connectivity index (χ0v) is 10.5. The molecule has 1 atom stereocenters. The molecule has 84 valence electrons. The van der Waals surface area contributed by atoms with Crippen LogP contribution >= 0.6 is 11.8 Å². The zero-order valence-electron chi connectivity index (χ0n) is 9.71. The molecule has 0 aliphatic carbocycles. The Kier molecular flexibility index (Phi) is 5.15. The molecule has 0 aromatic heterocycles. The molecule has 1 rings (SSSR count). The van der Waals surface area contributed by atoms with Gasteiger partial charge in [0, 0.05) is 11.8 Å². The Morgan fingerprint density at radius 2 is 2.07 bits per heavy atom. The van der Waals surface area contributed by atoms with Gasteiger partial charge in [0.05, 0.1) is 0 Å². The van der Waals surface area contributed by atoms with Crippen molar-refractivity contribution in [3.63, 3.8) is 0 Å². The Balaban J connectivity index is 2.66. The first-order chi connectivity index (χ1) is 7.17. The molecule has 0 aliphatic rings. The van der Waals surface area contributed by atoms with E-state index in [9.17, 15) is 0 Å². The Morgan fingerprint density at radius 1 is 1.33 bits per heavy atom.